The number of anilines is 1. The van der Waals surface area contributed by atoms with Crippen LogP contribution in [-0.2, 0) is 4.79 Å². The normalized spacial score (nSPS) is 23.9. The van der Waals surface area contributed by atoms with Crippen LogP contribution in [0.25, 0.3) is 0 Å². The number of benzene rings is 1. The fourth-order valence-electron chi connectivity index (χ4n) is 4.33. The molecule has 0 aromatic heterocycles. The monoisotopic (exact) mass is 385 g/mol. The van der Waals surface area contributed by atoms with Gasteiger partial charge in [-0.3, -0.25) is 9.59 Å². The van der Waals surface area contributed by atoms with Crippen LogP contribution < -0.4 is 10.2 Å². The fourth-order valence-corrected chi connectivity index (χ4v) is 4.33. The summed E-state index contributed by atoms with van der Waals surface area (Å²) in [4.78, 5) is 34.0. The lowest BCUT2D eigenvalue weighted by atomic mass is 10.1. The van der Waals surface area contributed by atoms with Crippen LogP contribution in [0.15, 0.2) is 24.3 Å². The molecule has 3 saturated heterocycles. The Bertz CT molecular complexity index is 703. The summed E-state index contributed by atoms with van der Waals surface area (Å²) in [5, 5.41) is 3.27. The zero-order valence-corrected chi connectivity index (χ0v) is 16.8. The Labute approximate surface area is 167 Å². The minimum absolute atomic E-state index is 0.0254. The Balaban J connectivity index is 1.35. The first-order valence-corrected chi connectivity index (χ1v) is 10.5. The average Bonchev–Trinajstić information content (AvgIpc) is 3.28. The summed E-state index contributed by atoms with van der Waals surface area (Å²) in [6, 6.07) is 7.97. The quantitative estimate of drug-likeness (QED) is 0.820. The van der Waals surface area contributed by atoms with E-state index in [0.29, 0.717) is 26.2 Å². The lowest BCUT2D eigenvalue weighted by molar-refractivity contribution is -0.134. The molecular formula is C21H31N5O2. The van der Waals surface area contributed by atoms with Crippen molar-refractivity contribution in [2.45, 2.75) is 18.9 Å². The second kappa shape index (κ2) is 8.49. The standard InChI is InChI=1S/C21H31N5O2/c1-23-8-10-24(11-9-23)18-5-2-4-17(16-18)20(27)25-12-14-26(15-13-25)21(28)19-6-3-7-22-19/h2,4-5,16,19,22H,3,6-15H2,1H3/t19-/m0/s1. The first-order chi connectivity index (χ1) is 13.6. The van der Waals surface area contributed by atoms with Gasteiger partial charge in [-0.2, -0.15) is 0 Å². The highest BCUT2D eigenvalue weighted by atomic mass is 16.2. The van der Waals surface area contributed by atoms with Gasteiger partial charge in [0.1, 0.15) is 0 Å². The topological polar surface area (TPSA) is 59.1 Å². The molecule has 3 aliphatic rings. The molecule has 1 atom stereocenters. The molecule has 0 bridgehead atoms. The Morgan fingerprint density at radius 3 is 2.36 bits per heavy atom. The number of likely N-dealkylation sites (N-methyl/N-ethyl adjacent to an activating group) is 1. The SMILES string of the molecule is CN1CCN(c2cccc(C(=O)N3CCN(C(=O)[C@@H]4CCCN4)CC3)c2)CC1. The smallest absolute Gasteiger partial charge is 0.254 e. The Hall–Kier alpha value is -2.12. The average molecular weight is 386 g/mol. The number of nitrogens with zero attached hydrogens (tertiary/aromatic N) is 4. The number of hydrogen-bond acceptors (Lipinski definition) is 5. The van der Waals surface area contributed by atoms with E-state index >= 15 is 0 Å². The molecule has 152 valence electrons. The predicted octanol–water partition coefficient (Wildman–Crippen LogP) is 0.475. The van der Waals surface area contributed by atoms with Crippen molar-refractivity contribution in [2.24, 2.45) is 0 Å². The van der Waals surface area contributed by atoms with Crippen molar-refractivity contribution in [1.82, 2.24) is 20.0 Å². The van der Waals surface area contributed by atoms with Crippen molar-refractivity contribution >= 4 is 17.5 Å². The maximum atomic E-state index is 13.0. The minimum atomic E-state index is -0.0254. The van der Waals surface area contributed by atoms with E-state index in [-0.39, 0.29) is 17.9 Å². The first kappa shape index (κ1) is 19.2. The Morgan fingerprint density at radius 1 is 0.964 bits per heavy atom. The molecule has 7 heteroatoms. The molecule has 0 unspecified atom stereocenters. The van der Waals surface area contributed by atoms with Crippen molar-refractivity contribution in [1.29, 1.82) is 0 Å². The van der Waals surface area contributed by atoms with Gasteiger partial charge < -0.3 is 24.9 Å². The molecule has 0 aliphatic carbocycles. The van der Waals surface area contributed by atoms with E-state index in [0.717, 1.165) is 56.8 Å². The van der Waals surface area contributed by atoms with E-state index in [9.17, 15) is 9.59 Å². The third-order valence-electron chi connectivity index (χ3n) is 6.20. The molecule has 1 aromatic rings. The largest absolute Gasteiger partial charge is 0.369 e. The van der Waals surface area contributed by atoms with Gasteiger partial charge in [-0.15, -0.1) is 0 Å². The number of amides is 2. The minimum Gasteiger partial charge on any atom is -0.369 e. The van der Waals surface area contributed by atoms with E-state index < -0.39 is 0 Å². The molecule has 0 saturated carbocycles. The van der Waals surface area contributed by atoms with Gasteiger partial charge in [-0.05, 0) is 44.6 Å². The van der Waals surface area contributed by atoms with Crippen LogP contribution in [0.5, 0.6) is 0 Å². The second-order valence-corrected chi connectivity index (χ2v) is 8.11. The van der Waals surface area contributed by atoms with Crippen LogP contribution >= 0.6 is 0 Å². The van der Waals surface area contributed by atoms with E-state index in [1.165, 1.54) is 0 Å². The molecular weight excluding hydrogens is 354 g/mol. The van der Waals surface area contributed by atoms with Gasteiger partial charge in [-0.1, -0.05) is 6.07 Å². The van der Waals surface area contributed by atoms with E-state index in [1.807, 2.05) is 28.0 Å². The Kier molecular flexibility index (Phi) is 5.82. The maximum absolute atomic E-state index is 13.0. The van der Waals surface area contributed by atoms with Gasteiger partial charge in [0.15, 0.2) is 0 Å². The number of hydrogen-bond donors (Lipinski definition) is 1. The maximum Gasteiger partial charge on any atom is 0.254 e. The summed E-state index contributed by atoms with van der Waals surface area (Å²) in [6.45, 7) is 7.47. The first-order valence-electron chi connectivity index (χ1n) is 10.5. The molecule has 1 N–H and O–H groups in total. The number of rotatable bonds is 3. The number of carbonyl (C=O) groups excluding carboxylic acids is 2. The van der Waals surface area contributed by atoms with Gasteiger partial charge in [0, 0.05) is 63.6 Å². The molecule has 3 fully saturated rings. The molecule has 28 heavy (non-hydrogen) atoms. The van der Waals surface area contributed by atoms with Gasteiger partial charge in [-0.25, -0.2) is 0 Å². The van der Waals surface area contributed by atoms with Crippen LogP contribution in [-0.4, -0.2) is 98.5 Å². The summed E-state index contributed by atoms with van der Waals surface area (Å²) < 4.78 is 0. The third-order valence-corrected chi connectivity index (χ3v) is 6.20. The molecule has 7 nitrogen and oxygen atoms in total. The molecule has 4 rings (SSSR count). The molecule has 1 aromatic carbocycles. The number of piperazine rings is 2. The lowest BCUT2D eigenvalue weighted by Crippen LogP contribution is -2.54. The molecule has 3 aliphatic heterocycles. The highest BCUT2D eigenvalue weighted by Crippen LogP contribution is 2.20. The van der Waals surface area contributed by atoms with Gasteiger partial charge in [0.05, 0.1) is 6.04 Å². The third kappa shape index (κ3) is 4.15. The van der Waals surface area contributed by atoms with Crippen molar-refractivity contribution in [3.8, 4) is 0 Å². The summed E-state index contributed by atoms with van der Waals surface area (Å²) in [7, 11) is 2.14. The number of carbonyl (C=O) groups is 2. The Morgan fingerprint density at radius 2 is 1.68 bits per heavy atom. The van der Waals surface area contributed by atoms with Gasteiger partial charge >= 0.3 is 0 Å². The van der Waals surface area contributed by atoms with Crippen molar-refractivity contribution in [3.05, 3.63) is 29.8 Å². The van der Waals surface area contributed by atoms with Gasteiger partial charge in [0.25, 0.3) is 5.91 Å². The van der Waals surface area contributed by atoms with Crippen LogP contribution in [0.4, 0.5) is 5.69 Å². The predicted molar refractivity (Wildman–Crippen MR) is 110 cm³/mol. The van der Waals surface area contributed by atoms with E-state index in [1.54, 1.807) is 0 Å². The zero-order valence-electron chi connectivity index (χ0n) is 16.8. The van der Waals surface area contributed by atoms with Gasteiger partial charge in [0.2, 0.25) is 5.91 Å². The molecule has 3 heterocycles. The lowest BCUT2D eigenvalue weighted by Gasteiger charge is -2.36. The highest BCUT2D eigenvalue weighted by molar-refractivity contribution is 5.95. The van der Waals surface area contributed by atoms with Crippen LogP contribution in [0.1, 0.15) is 23.2 Å². The van der Waals surface area contributed by atoms with Crippen molar-refractivity contribution < 1.29 is 9.59 Å². The molecule has 2 amide bonds. The van der Waals surface area contributed by atoms with Crippen LogP contribution in [0.2, 0.25) is 0 Å². The van der Waals surface area contributed by atoms with Crippen LogP contribution in [0, 0.1) is 0 Å². The van der Waals surface area contributed by atoms with Crippen molar-refractivity contribution in [2.75, 3.05) is 70.9 Å². The molecule has 0 spiro atoms. The highest BCUT2D eigenvalue weighted by Gasteiger charge is 2.30. The summed E-state index contributed by atoms with van der Waals surface area (Å²) in [5.74, 6) is 0.267. The van der Waals surface area contributed by atoms with Crippen molar-refractivity contribution in [3.63, 3.8) is 0 Å². The summed E-state index contributed by atoms with van der Waals surface area (Å²) in [6.07, 6.45) is 2.00. The van der Waals surface area contributed by atoms with E-state index in [2.05, 4.69) is 28.2 Å². The summed E-state index contributed by atoms with van der Waals surface area (Å²) >= 11 is 0. The molecule has 0 radical (unpaired) electrons. The zero-order chi connectivity index (χ0) is 19.5. The fraction of sp³-hybridized carbons (Fsp3) is 0.619. The number of nitrogens with one attached hydrogen (secondary N) is 1. The summed E-state index contributed by atoms with van der Waals surface area (Å²) in [5.41, 5.74) is 1.87. The van der Waals surface area contributed by atoms with Crippen LogP contribution in [0.3, 0.4) is 0 Å². The second-order valence-electron chi connectivity index (χ2n) is 8.11. The van der Waals surface area contributed by atoms with E-state index in [4.69, 9.17) is 0 Å².